The van der Waals surface area contributed by atoms with Gasteiger partial charge in [-0.25, -0.2) is 4.39 Å². The van der Waals surface area contributed by atoms with Gasteiger partial charge in [0.1, 0.15) is 24.3 Å². The van der Waals surface area contributed by atoms with E-state index in [1.165, 1.54) is 49.6 Å². The summed E-state index contributed by atoms with van der Waals surface area (Å²) in [6.07, 6.45) is 7.09. The van der Waals surface area contributed by atoms with Crippen LogP contribution in [0, 0.1) is 17.7 Å². The first-order chi connectivity index (χ1) is 14.4. The Morgan fingerprint density at radius 1 is 1.10 bits per heavy atom. The van der Waals surface area contributed by atoms with Crippen molar-refractivity contribution in [2.24, 2.45) is 0 Å². The third kappa shape index (κ3) is 11.8. The molecule has 0 aliphatic heterocycles. The lowest BCUT2D eigenvalue weighted by Gasteiger charge is -2.13. The standard InChI is InChI=1S/C23H27FO6/c1-29-23(28)12-8-11-22(27)21(26)10-7-5-3-2-4-6-9-19(25)17-30-20-15-13-18(24)14-16-20/h3,5-7,9-10,13-16,19,21-22,25-27H,8,11-12,17H2,1H3/b5-3+,9-6+,10-7+/t19-,21+,22-/m0/s1. The number of aliphatic hydroxyl groups excluding tert-OH is 3. The van der Waals surface area contributed by atoms with Gasteiger partial charge in [0.05, 0.1) is 19.3 Å². The monoisotopic (exact) mass is 418 g/mol. The van der Waals surface area contributed by atoms with Crippen molar-refractivity contribution in [3.05, 3.63) is 66.5 Å². The molecule has 0 saturated heterocycles. The fourth-order valence-corrected chi connectivity index (χ4v) is 2.16. The van der Waals surface area contributed by atoms with Crippen molar-refractivity contribution in [2.75, 3.05) is 13.7 Å². The van der Waals surface area contributed by atoms with E-state index in [2.05, 4.69) is 16.6 Å². The van der Waals surface area contributed by atoms with Crippen LogP contribution in [-0.2, 0) is 9.53 Å². The van der Waals surface area contributed by atoms with Crippen LogP contribution in [0.2, 0.25) is 0 Å². The van der Waals surface area contributed by atoms with Crippen LogP contribution in [0.5, 0.6) is 5.75 Å². The van der Waals surface area contributed by atoms with Crippen molar-refractivity contribution < 1.29 is 34.0 Å². The maximum atomic E-state index is 12.8. The summed E-state index contributed by atoms with van der Waals surface area (Å²) in [5.41, 5.74) is 0. The molecule has 0 aromatic heterocycles. The predicted molar refractivity (Wildman–Crippen MR) is 111 cm³/mol. The van der Waals surface area contributed by atoms with Gasteiger partial charge in [-0.05, 0) is 55.3 Å². The average molecular weight is 418 g/mol. The number of benzene rings is 1. The number of aliphatic hydroxyl groups is 3. The zero-order chi connectivity index (χ0) is 22.2. The second-order valence-corrected chi connectivity index (χ2v) is 6.25. The van der Waals surface area contributed by atoms with Gasteiger partial charge in [0.25, 0.3) is 0 Å². The third-order valence-corrected chi connectivity index (χ3v) is 3.82. The highest BCUT2D eigenvalue weighted by atomic mass is 19.1. The summed E-state index contributed by atoms with van der Waals surface area (Å²) < 4.78 is 22.6. The normalized spacial score (nSPS) is 14.4. The van der Waals surface area contributed by atoms with Crippen LogP contribution in [0.1, 0.15) is 19.3 Å². The molecule has 0 bridgehead atoms. The van der Waals surface area contributed by atoms with Gasteiger partial charge in [-0.15, -0.1) is 0 Å². The Kier molecular flexibility index (Phi) is 12.6. The topological polar surface area (TPSA) is 96.2 Å². The molecule has 1 aromatic carbocycles. The molecule has 162 valence electrons. The zero-order valence-corrected chi connectivity index (χ0v) is 16.8. The first-order valence-electron chi connectivity index (χ1n) is 9.42. The maximum Gasteiger partial charge on any atom is 0.305 e. The van der Waals surface area contributed by atoms with E-state index >= 15 is 0 Å². The van der Waals surface area contributed by atoms with Crippen molar-refractivity contribution in [3.8, 4) is 17.6 Å². The highest BCUT2D eigenvalue weighted by molar-refractivity contribution is 5.68. The summed E-state index contributed by atoms with van der Waals surface area (Å²) in [5, 5.41) is 29.4. The first kappa shape index (κ1) is 25.1. The Morgan fingerprint density at radius 2 is 1.80 bits per heavy atom. The van der Waals surface area contributed by atoms with Crippen LogP contribution in [0.4, 0.5) is 4.39 Å². The van der Waals surface area contributed by atoms with Gasteiger partial charge in [-0.2, -0.15) is 0 Å². The molecule has 30 heavy (non-hydrogen) atoms. The molecular weight excluding hydrogens is 391 g/mol. The molecule has 0 fully saturated rings. The van der Waals surface area contributed by atoms with E-state index in [1.807, 2.05) is 0 Å². The quantitative estimate of drug-likeness (QED) is 0.290. The van der Waals surface area contributed by atoms with Crippen LogP contribution < -0.4 is 4.74 Å². The minimum absolute atomic E-state index is 0.0161. The number of hydrogen-bond acceptors (Lipinski definition) is 6. The summed E-state index contributed by atoms with van der Waals surface area (Å²) in [6.45, 7) is 0.0161. The number of esters is 1. The largest absolute Gasteiger partial charge is 0.491 e. The lowest BCUT2D eigenvalue weighted by Crippen LogP contribution is -2.23. The van der Waals surface area contributed by atoms with E-state index in [0.717, 1.165) is 0 Å². The molecule has 0 saturated carbocycles. The van der Waals surface area contributed by atoms with Crippen molar-refractivity contribution in [3.63, 3.8) is 0 Å². The molecule has 1 rings (SSSR count). The van der Waals surface area contributed by atoms with Gasteiger partial charge < -0.3 is 24.8 Å². The van der Waals surface area contributed by atoms with Crippen LogP contribution in [0.3, 0.4) is 0 Å². The van der Waals surface area contributed by atoms with Crippen molar-refractivity contribution in [1.29, 1.82) is 0 Å². The van der Waals surface area contributed by atoms with Crippen molar-refractivity contribution in [2.45, 2.75) is 37.6 Å². The summed E-state index contributed by atoms with van der Waals surface area (Å²) in [7, 11) is 1.30. The molecule has 0 unspecified atom stereocenters. The summed E-state index contributed by atoms with van der Waals surface area (Å²) >= 11 is 0. The molecule has 0 spiro atoms. The number of hydrogen-bond donors (Lipinski definition) is 3. The Morgan fingerprint density at radius 3 is 2.50 bits per heavy atom. The van der Waals surface area contributed by atoms with E-state index < -0.39 is 18.3 Å². The van der Waals surface area contributed by atoms with Crippen LogP contribution in [0.25, 0.3) is 0 Å². The molecule has 0 amide bonds. The lowest BCUT2D eigenvalue weighted by atomic mass is 10.1. The molecule has 1 aromatic rings. The summed E-state index contributed by atoms with van der Waals surface area (Å²) in [6, 6.07) is 5.49. The number of rotatable bonds is 11. The predicted octanol–water partition coefficient (Wildman–Crippen LogP) is 2.30. The van der Waals surface area contributed by atoms with Gasteiger partial charge >= 0.3 is 5.97 Å². The molecule has 3 N–H and O–H groups in total. The Balaban J connectivity index is 2.26. The summed E-state index contributed by atoms with van der Waals surface area (Å²) in [4.78, 5) is 11.0. The van der Waals surface area contributed by atoms with Crippen molar-refractivity contribution >= 4 is 5.97 Å². The highest BCUT2D eigenvalue weighted by Gasteiger charge is 2.13. The van der Waals surface area contributed by atoms with E-state index in [4.69, 9.17) is 4.74 Å². The molecule has 3 atom stereocenters. The SMILES string of the molecule is COC(=O)CCC[C@H](O)[C@H](O)/C=C/C=C/C#C/C=C/[C@H](O)COc1ccc(F)cc1. The number of allylic oxidation sites excluding steroid dienone is 4. The van der Waals surface area contributed by atoms with Gasteiger partial charge in [-0.1, -0.05) is 30.1 Å². The minimum atomic E-state index is -1.04. The van der Waals surface area contributed by atoms with Crippen molar-refractivity contribution in [1.82, 2.24) is 0 Å². The van der Waals surface area contributed by atoms with E-state index in [0.29, 0.717) is 12.2 Å². The van der Waals surface area contributed by atoms with E-state index in [9.17, 15) is 24.5 Å². The molecule has 0 aliphatic rings. The van der Waals surface area contributed by atoms with Gasteiger partial charge in [0.15, 0.2) is 0 Å². The van der Waals surface area contributed by atoms with Crippen LogP contribution in [0.15, 0.2) is 60.7 Å². The summed E-state index contributed by atoms with van der Waals surface area (Å²) in [5.74, 6) is 5.17. The number of halogens is 1. The fourth-order valence-electron chi connectivity index (χ4n) is 2.16. The minimum Gasteiger partial charge on any atom is -0.491 e. The molecular formula is C23H27FO6. The molecule has 0 aliphatic carbocycles. The lowest BCUT2D eigenvalue weighted by molar-refractivity contribution is -0.140. The molecule has 0 heterocycles. The third-order valence-electron chi connectivity index (χ3n) is 3.82. The second kappa shape index (κ2) is 15.0. The highest BCUT2D eigenvalue weighted by Crippen LogP contribution is 2.11. The van der Waals surface area contributed by atoms with Gasteiger partial charge in [0.2, 0.25) is 0 Å². The number of carbonyl (C=O) groups is 1. The zero-order valence-electron chi connectivity index (χ0n) is 16.8. The van der Waals surface area contributed by atoms with E-state index in [-0.39, 0.29) is 31.2 Å². The average Bonchev–Trinajstić information content (AvgIpc) is 2.74. The number of carbonyl (C=O) groups excluding carboxylic acids is 1. The smallest absolute Gasteiger partial charge is 0.305 e. The maximum absolute atomic E-state index is 12.8. The Hall–Kier alpha value is -2.92. The molecule has 0 radical (unpaired) electrons. The molecule has 7 heteroatoms. The number of ether oxygens (including phenoxy) is 2. The van der Waals surface area contributed by atoms with Gasteiger partial charge in [-0.3, -0.25) is 4.79 Å². The van der Waals surface area contributed by atoms with E-state index in [1.54, 1.807) is 18.2 Å². The fraction of sp³-hybridized carbons (Fsp3) is 0.348. The van der Waals surface area contributed by atoms with Crippen LogP contribution >= 0.6 is 0 Å². The first-order valence-corrected chi connectivity index (χ1v) is 9.42. The second-order valence-electron chi connectivity index (χ2n) is 6.25. The Labute approximate surface area is 176 Å². The molecule has 6 nitrogen and oxygen atoms in total. The Bertz CT molecular complexity index is 773. The number of methoxy groups -OCH3 is 1. The van der Waals surface area contributed by atoms with Gasteiger partial charge in [0, 0.05) is 6.42 Å². The van der Waals surface area contributed by atoms with Crippen LogP contribution in [-0.4, -0.2) is 53.3 Å².